The second-order valence-corrected chi connectivity index (χ2v) is 6.60. The lowest BCUT2D eigenvalue weighted by Crippen LogP contribution is -2.34. The smallest absolute Gasteiger partial charge is 0.325 e. The summed E-state index contributed by atoms with van der Waals surface area (Å²) in [6, 6.07) is 18.3. The number of carbonyl (C=O) groups is 3. The van der Waals surface area contributed by atoms with Crippen LogP contribution < -0.4 is 10.6 Å². The Hall–Kier alpha value is -3.87. The monoisotopic (exact) mass is 406 g/mol. The highest BCUT2D eigenvalue weighted by Crippen LogP contribution is 2.23. The van der Waals surface area contributed by atoms with Gasteiger partial charge in [0.25, 0.3) is 5.91 Å². The van der Waals surface area contributed by atoms with E-state index in [4.69, 9.17) is 9.15 Å². The van der Waals surface area contributed by atoms with E-state index in [-0.39, 0.29) is 12.6 Å². The lowest BCUT2D eigenvalue weighted by Gasteiger charge is -2.11. The van der Waals surface area contributed by atoms with Crippen molar-refractivity contribution in [2.75, 3.05) is 13.2 Å². The lowest BCUT2D eigenvalue weighted by molar-refractivity contribution is -0.148. The fourth-order valence-corrected chi connectivity index (χ4v) is 2.72. The van der Waals surface area contributed by atoms with Crippen molar-refractivity contribution in [2.24, 2.45) is 0 Å². The molecule has 1 heterocycles. The number of nitrogens with one attached hydrogen (secondary N) is 2. The van der Waals surface area contributed by atoms with Gasteiger partial charge in [-0.25, -0.2) is 0 Å². The Bertz CT molecular complexity index is 1020. The molecule has 1 atom stereocenters. The zero-order valence-corrected chi connectivity index (χ0v) is 16.5. The fraction of sp³-hybridized carbons (Fsp3) is 0.174. The molecule has 0 unspecified atom stereocenters. The molecule has 0 bridgehead atoms. The molecule has 0 saturated heterocycles. The molecule has 0 aliphatic carbocycles. The Kier molecular flexibility index (Phi) is 7.00. The number of esters is 1. The van der Waals surface area contributed by atoms with Crippen molar-refractivity contribution in [3.63, 3.8) is 0 Å². The van der Waals surface area contributed by atoms with Crippen LogP contribution in [0.2, 0.25) is 0 Å². The summed E-state index contributed by atoms with van der Waals surface area (Å²) in [7, 11) is 0. The molecular weight excluding hydrogens is 384 g/mol. The van der Waals surface area contributed by atoms with E-state index in [1.807, 2.05) is 60.7 Å². The summed E-state index contributed by atoms with van der Waals surface area (Å²) in [5.74, 6) is -0.998. The van der Waals surface area contributed by atoms with Crippen molar-refractivity contribution in [1.29, 1.82) is 0 Å². The lowest BCUT2D eigenvalue weighted by atomic mass is 10.2. The maximum Gasteiger partial charge on any atom is 0.325 e. The van der Waals surface area contributed by atoms with Gasteiger partial charge in [0, 0.05) is 11.5 Å². The Balaban J connectivity index is 1.38. The number of amides is 2. The van der Waals surface area contributed by atoms with Gasteiger partial charge < -0.3 is 19.8 Å². The molecule has 0 fully saturated rings. The minimum absolute atomic E-state index is 0.329. The minimum atomic E-state index is -0.706. The predicted molar refractivity (Wildman–Crippen MR) is 112 cm³/mol. The minimum Gasteiger partial charge on any atom is -0.459 e. The molecule has 7 nitrogen and oxygen atoms in total. The van der Waals surface area contributed by atoms with Gasteiger partial charge in [0.15, 0.2) is 6.61 Å². The highest BCUT2D eigenvalue weighted by atomic mass is 16.5. The molecule has 0 aliphatic rings. The summed E-state index contributed by atoms with van der Waals surface area (Å²) in [6.45, 7) is 1.00. The predicted octanol–water partition coefficient (Wildman–Crippen LogP) is 2.98. The van der Waals surface area contributed by atoms with Gasteiger partial charge in [-0.15, -0.1) is 0 Å². The van der Waals surface area contributed by atoms with E-state index < -0.39 is 24.4 Å². The molecule has 154 valence electrons. The Morgan fingerprint density at radius 3 is 2.57 bits per heavy atom. The largest absolute Gasteiger partial charge is 0.459 e. The van der Waals surface area contributed by atoms with Crippen molar-refractivity contribution in [3.05, 3.63) is 78.1 Å². The number of fused-ring (bicyclic) bond motifs is 1. The van der Waals surface area contributed by atoms with E-state index in [1.165, 1.54) is 6.08 Å². The third-order valence-corrected chi connectivity index (χ3v) is 4.25. The van der Waals surface area contributed by atoms with Crippen molar-refractivity contribution in [1.82, 2.24) is 10.6 Å². The molecule has 7 heteroatoms. The van der Waals surface area contributed by atoms with Crippen LogP contribution in [-0.4, -0.2) is 30.9 Å². The number of para-hydroxylation sites is 1. The standard InChI is InChI=1S/C23H22N2O5/c1-16(20-13-18-9-5-6-10-19(18)30-20)25-22(27)15-29-23(28)14-24-21(26)12-11-17-7-3-2-4-8-17/h2-13,16H,14-15H2,1H3,(H,24,26)(H,25,27)/b12-11+/t16-/m0/s1. The Morgan fingerprint density at radius 2 is 1.80 bits per heavy atom. The third-order valence-electron chi connectivity index (χ3n) is 4.25. The van der Waals surface area contributed by atoms with Crippen molar-refractivity contribution < 1.29 is 23.5 Å². The number of carbonyl (C=O) groups excluding carboxylic acids is 3. The maximum atomic E-state index is 12.0. The Labute approximate surface area is 173 Å². The summed E-state index contributed by atoms with van der Waals surface area (Å²) < 4.78 is 10.6. The second-order valence-electron chi connectivity index (χ2n) is 6.60. The van der Waals surface area contributed by atoms with Crippen LogP contribution in [0.15, 0.2) is 71.2 Å². The first kappa shape index (κ1) is 20.9. The molecule has 2 amide bonds. The molecule has 0 radical (unpaired) electrons. The Morgan fingerprint density at radius 1 is 1.07 bits per heavy atom. The van der Waals surface area contributed by atoms with Crippen LogP contribution in [0.25, 0.3) is 17.0 Å². The quantitative estimate of drug-likeness (QED) is 0.443. The molecule has 3 aromatic rings. The summed E-state index contributed by atoms with van der Waals surface area (Å²) in [5.41, 5.74) is 1.60. The first-order valence-electron chi connectivity index (χ1n) is 9.45. The van der Waals surface area contributed by atoms with Gasteiger partial charge in [-0.2, -0.15) is 0 Å². The average molecular weight is 406 g/mol. The van der Waals surface area contributed by atoms with Crippen LogP contribution in [0.1, 0.15) is 24.3 Å². The molecule has 0 aliphatic heterocycles. The van der Waals surface area contributed by atoms with Gasteiger partial charge >= 0.3 is 5.97 Å². The topological polar surface area (TPSA) is 97.6 Å². The van der Waals surface area contributed by atoms with Gasteiger partial charge in [-0.05, 0) is 30.7 Å². The average Bonchev–Trinajstić information content (AvgIpc) is 3.20. The van der Waals surface area contributed by atoms with Crippen LogP contribution >= 0.6 is 0 Å². The maximum absolute atomic E-state index is 12.0. The zero-order valence-electron chi connectivity index (χ0n) is 16.5. The number of furan rings is 1. The first-order valence-corrected chi connectivity index (χ1v) is 9.45. The van der Waals surface area contributed by atoms with Gasteiger partial charge in [0.05, 0.1) is 6.04 Å². The van der Waals surface area contributed by atoms with Crippen LogP contribution in [0.3, 0.4) is 0 Å². The van der Waals surface area contributed by atoms with E-state index in [0.717, 1.165) is 16.5 Å². The number of hydrogen-bond acceptors (Lipinski definition) is 5. The number of hydrogen-bond donors (Lipinski definition) is 2. The van der Waals surface area contributed by atoms with Crippen LogP contribution in [0.5, 0.6) is 0 Å². The zero-order chi connectivity index (χ0) is 21.3. The van der Waals surface area contributed by atoms with E-state index in [9.17, 15) is 14.4 Å². The summed E-state index contributed by atoms with van der Waals surface area (Å²) in [6.07, 6.45) is 2.96. The van der Waals surface area contributed by atoms with Gasteiger partial charge in [-0.1, -0.05) is 48.5 Å². The molecule has 0 spiro atoms. The third kappa shape index (κ3) is 6.07. The molecule has 3 rings (SSSR count). The SMILES string of the molecule is C[C@H](NC(=O)COC(=O)CNC(=O)/C=C/c1ccccc1)c1cc2ccccc2o1. The van der Waals surface area contributed by atoms with Crippen LogP contribution in [0.4, 0.5) is 0 Å². The first-order chi connectivity index (χ1) is 14.5. The second kappa shape index (κ2) is 10.1. The number of rotatable bonds is 8. The summed E-state index contributed by atoms with van der Waals surface area (Å²) >= 11 is 0. The van der Waals surface area contributed by atoms with Gasteiger partial charge in [0.2, 0.25) is 5.91 Å². The molecule has 30 heavy (non-hydrogen) atoms. The van der Waals surface area contributed by atoms with E-state index >= 15 is 0 Å². The molecule has 0 saturated carbocycles. The van der Waals surface area contributed by atoms with Gasteiger partial charge in [0.1, 0.15) is 17.9 Å². The van der Waals surface area contributed by atoms with Crippen molar-refractivity contribution >= 4 is 34.8 Å². The molecule has 1 aromatic heterocycles. The van der Waals surface area contributed by atoms with Crippen molar-refractivity contribution in [3.8, 4) is 0 Å². The highest BCUT2D eigenvalue weighted by molar-refractivity contribution is 5.93. The molecular formula is C23H22N2O5. The highest BCUT2D eigenvalue weighted by Gasteiger charge is 2.15. The molecule has 2 aromatic carbocycles. The normalized spacial score (nSPS) is 11.9. The number of ether oxygens (including phenoxy) is 1. The van der Waals surface area contributed by atoms with E-state index in [0.29, 0.717) is 5.76 Å². The fourth-order valence-electron chi connectivity index (χ4n) is 2.72. The molecule has 2 N–H and O–H groups in total. The van der Waals surface area contributed by atoms with Crippen molar-refractivity contribution in [2.45, 2.75) is 13.0 Å². The van der Waals surface area contributed by atoms with Crippen LogP contribution in [-0.2, 0) is 19.1 Å². The van der Waals surface area contributed by atoms with E-state index in [2.05, 4.69) is 10.6 Å². The van der Waals surface area contributed by atoms with Gasteiger partial charge in [-0.3, -0.25) is 14.4 Å². The number of benzene rings is 2. The summed E-state index contributed by atoms with van der Waals surface area (Å²) in [4.78, 5) is 35.5. The summed E-state index contributed by atoms with van der Waals surface area (Å²) in [5, 5.41) is 6.06. The van der Waals surface area contributed by atoms with E-state index in [1.54, 1.807) is 13.0 Å². The van der Waals surface area contributed by atoms with Crippen LogP contribution in [0, 0.1) is 0 Å².